The molecule has 0 saturated carbocycles. The van der Waals surface area contributed by atoms with E-state index in [-0.39, 0.29) is 11.9 Å². The number of nitrogens with one attached hydrogen (secondary N) is 1. The quantitative estimate of drug-likeness (QED) is 0.801. The highest BCUT2D eigenvalue weighted by Gasteiger charge is 2.28. The molecule has 0 aromatic heterocycles. The molecule has 1 amide bonds. The molecule has 1 aromatic carbocycles. The molecule has 2 rings (SSSR count). The SMILES string of the molecule is CN1C(=O)CC(NCCC#N)c2ccccc21. The van der Waals surface area contributed by atoms with E-state index in [1.165, 1.54) is 0 Å². The van der Waals surface area contributed by atoms with Gasteiger partial charge in [0.1, 0.15) is 0 Å². The van der Waals surface area contributed by atoms with Gasteiger partial charge >= 0.3 is 0 Å². The van der Waals surface area contributed by atoms with Crippen LogP contribution < -0.4 is 10.2 Å². The largest absolute Gasteiger partial charge is 0.315 e. The molecule has 1 aliphatic heterocycles. The highest BCUT2D eigenvalue weighted by atomic mass is 16.2. The maximum absolute atomic E-state index is 11.8. The highest BCUT2D eigenvalue weighted by molar-refractivity contribution is 5.96. The van der Waals surface area contributed by atoms with Gasteiger partial charge < -0.3 is 10.2 Å². The number of para-hydroxylation sites is 1. The maximum atomic E-state index is 11.8. The van der Waals surface area contributed by atoms with Gasteiger partial charge in [0.05, 0.1) is 6.07 Å². The number of anilines is 1. The van der Waals surface area contributed by atoms with Crippen LogP contribution in [0.1, 0.15) is 24.4 Å². The van der Waals surface area contributed by atoms with Crippen molar-refractivity contribution in [2.75, 3.05) is 18.5 Å². The first-order chi connectivity index (χ1) is 8.24. The first-order valence-corrected chi connectivity index (χ1v) is 5.70. The first kappa shape index (κ1) is 11.6. The number of nitriles is 1. The minimum atomic E-state index is 0.0308. The minimum Gasteiger partial charge on any atom is -0.315 e. The van der Waals surface area contributed by atoms with Gasteiger partial charge in [-0.1, -0.05) is 18.2 Å². The number of nitrogens with zero attached hydrogens (tertiary/aromatic N) is 2. The summed E-state index contributed by atoms with van der Waals surface area (Å²) >= 11 is 0. The maximum Gasteiger partial charge on any atom is 0.228 e. The van der Waals surface area contributed by atoms with Gasteiger partial charge in [0.15, 0.2) is 0 Å². The second-order valence-electron chi connectivity index (χ2n) is 4.13. The fourth-order valence-corrected chi connectivity index (χ4v) is 2.13. The minimum absolute atomic E-state index is 0.0308. The molecule has 0 spiro atoms. The van der Waals surface area contributed by atoms with Crippen molar-refractivity contribution in [1.29, 1.82) is 5.26 Å². The summed E-state index contributed by atoms with van der Waals surface area (Å²) in [6.45, 7) is 0.618. The van der Waals surface area contributed by atoms with Crippen LogP contribution in [0, 0.1) is 11.3 Å². The van der Waals surface area contributed by atoms with E-state index in [9.17, 15) is 4.79 Å². The summed E-state index contributed by atoms with van der Waals surface area (Å²) in [6, 6.07) is 10.0. The van der Waals surface area contributed by atoms with Crippen LogP contribution in [0.3, 0.4) is 0 Å². The molecule has 88 valence electrons. The molecule has 1 atom stereocenters. The molecule has 1 aromatic rings. The number of amides is 1. The number of carbonyl (C=O) groups excluding carboxylic acids is 1. The van der Waals surface area contributed by atoms with Gasteiger partial charge in [-0.15, -0.1) is 0 Å². The monoisotopic (exact) mass is 229 g/mol. The second kappa shape index (κ2) is 4.98. The Morgan fingerprint density at radius 1 is 1.53 bits per heavy atom. The lowest BCUT2D eigenvalue weighted by Gasteiger charge is -2.32. The molecule has 0 radical (unpaired) electrons. The summed E-state index contributed by atoms with van der Waals surface area (Å²) in [6.07, 6.45) is 0.918. The average molecular weight is 229 g/mol. The van der Waals surface area contributed by atoms with Crippen molar-refractivity contribution in [3.8, 4) is 6.07 Å². The van der Waals surface area contributed by atoms with Crippen molar-refractivity contribution in [3.63, 3.8) is 0 Å². The summed E-state index contributed by atoms with van der Waals surface area (Å²) in [4.78, 5) is 13.5. The Labute approximate surface area is 101 Å². The Morgan fingerprint density at radius 3 is 3.06 bits per heavy atom. The van der Waals surface area contributed by atoms with Crippen molar-refractivity contribution in [3.05, 3.63) is 29.8 Å². The Hall–Kier alpha value is -1.86. The number of benzene rings is 1. The molecule has 0 bridgehead atoms. The predicted molar refractivity (Wildman–Crippen MR) is 65.4 cm³/mol. The van der Waals surface area contributed by atoms with E-state index in [0.29, 0.717) is 19.4 Å². The Balaban J connectivity index is 2.22. The Kier molecular flexibility index (Phi) is 3.40. The van der Waals surface area contributed by atoms with E-state index in [1.807, 2.05) is 24.3 Å². The van der Waals surface area contributed by atoms with Crippen LogP contribution in [-0.4, -0.2) is 19.5 Å². The standard InChI is InChI=1S/C13H15N3O/c1-16-12-6-3-2-5-10(12)11(9-13(16)17)15-8-4-7-14/h2-3,5-6,11,15H,4,8-9H2,1H3. The van der Waals surface area contributed by atoms with Crippen molar-refractivity contribution >= 4 is 11.6 Å². The zero-order valence-corrected chi connectivity index (χ0v) is 9.81. The number of hydrogen-bond acceptors (Lipinski definition) is 3. The van der Waals surface area contributed by atoms with E-state index in [4.69, 9.17) is 5.26 Å². The van der Waals surface area contributed by atoms with Crippen LogP contribution in [0.15, 0.2) is 24.3 Å². The topological polar surface area (TPSA) is 56.1 Å². The van der Waals surface area contributed by atoms with Gasteiger partial charge in [-0.3, -0.25) is 4.79 Å². The molecule has 17 heavy (non-hydrogen) atoms. The highest BCUT2D eigenvalue weighted by Crippen LogP contribution is 2.33. The smallest absolute Gasteiger partial charge is 0.228 e. The van der Waals surface area contributed by atoms with Crippen molar-refractivity contribution < 1.29 is 4.79 Å². The number of fused-ring (bicyclic) bond motifs is 1. The van der Waals surface area contributed by atoms with Crippen LogP contribution >= 0.6 is 0 Å². The van der Waals surface area contributed by atoms with Crippen molar-refractivity contribution in [2.24, 2.45) is 0 Å². The molecule has 0 fully saturated rings. The Morgan fingerprint density at radius 2 is 2.29 bits per heavy atom. The molecule has 1 N–H and O–H groups in total. The van der Waals surface area contributed by atoms with Crippen LogP contribution in [0.5, 0.6) is 0 Å². The Bertz CT molecular complexity index is 464. The number of carbonyl (C=O) groups is 1. The van der Waals surface area contributed by atoms with Crippen molar-refractivity contribution in [1.82, 2.24) is 5.32 Å². The van der Waals surface area contributed by atoms with Gasteiger partial charge in [-0.25, -0.2) is 0 Å². The summed E-state index contributed by atoms with van der Waals surface area (Å²) < 4.78 is 0. The van der Waals surface area contributed by atoms with E-state index in [2.05, 4.69) is 11.4 Å². The van der Waals surface area contributed by atoms with Gasteiger partial charge in [0.2, 0.25) is 5.91 Å². The van der Waals surface area contributed by atoms with Gasteiger partial charge in [-0.2, -0.15) is 5.26 Å². The zero-order chi connectivity index (χ0) is 12.3. The van der Waals surface area contributed by atoms with E-state index in [1.54, 1.807) is 11.9 Å². The molecular formula is C13H15N3O. The molecule has 1 aliphatic rings. The van der Waals surface area contributed by atoms with E-state index in [0.717, 1.165) is 11.3 Å². The normalized spacial score (nSPS) is 18.7. The fourth-order valence-electron chi connectivity index (χ4n) is 2.13. The third-order valence-electron chi connectivity index (χ3n) is 3.05. The van der Waals surface area contributed by atoms with Gasteiger partial charge in [0, 0.05) is 38.2 Å². The van der Waals surface area contributed by atoms with Crippen LogP contribution in [0.25, 0.3) is 0 Å². The molecule has 0 saturated heterocycles. The lowest BCUT2D eigenvalue weighted by molar-refractivity contribution is -0.119. The van der Waals surface area contributed by atoms with Crippen molar-refractivity contribution in [2.45, 2.75) is 18.9 Å². The lowest BCUT2D eigenvalue weighted by atomic mass is 9.96. The lowest BCUT2D eigenvalue weighted by Crippen LogP contribution is -2.38. The summed E-state index contributed by atoms with van der Waals surface area (Å²) in [5.74, 6) is 0.109. The van der Waals surface area contributed by atoms with Crippen LogP contribution in [0.2, 0.25) is 0 Å². The predicted octanol–water partition coefficient (Wildman–Crippen LogP) is 1.60. The molecule has 0 aliphatic carbocycles. The fraction of sp³-hybridized carbons (Fsp3) is 0.385. The second-order valence-corrected chi connectivity index (χ2v) is 4.13. The summed E-state index contributed by atoms with van der Waals surface area (Å²) in [5.41, 5.74) is 2.09. The van der Waals surface area contributed by atoms with Gasteiger partial charge in [-0.05, 0) is 11.6 Å². The first-order valence-electron chi connectivity index (χ1n) is 5.70. The number of hydrogen-bond donors (Lipinski definition) is 1. The third-order valence-corrected chi connectivity index (χ3v) is 3.05. The molecule has 1 heterocycles. The average Bonchev–Trinajstić information content (AvgIpc) is 2.36. The number of rotatable bonds is 3. The third kappa shape index (κ3) is 2.29. The molecule has 4 nitrogen and oxygen atoms in total. The van der Waals surface area contributed by atoms with Crippen LogP contribution in [-0.2, 0) is 4.79 Å². The van der Waals surface area contributed by atoms with Crippen LogP contribution in [0.4, 0.5) is 5.69 Å². The molecule has 4 heteroatoms. The zero-order valence-electron chi connectivity index (χ0n) is 9.81. The van der Waals surface area contributed by atoms with Gasteiger partial charge in [0.25, 0.3) is 0 Å². The van der Waals surface area contributed by atoms with E-state index >= 15 is 0 Å². The molecular weight excluding hydrogens is 214 g/mol. The summed E-state index contributed by atoms with van der Waals surface area (Å²) in [7, 11) is 1.80. The molecule has 1 unspecified atom stereocenters. The summed E-state index contributed by atoms with van der Waals surface area (Å²) in [5, 5.41) is 11.8. The van der Waals surface area contributed by atoms with E-state index < -0.39 is 0 Å².